The third kappa shape index (κ3) is 3.46. The number of aromatic amines is 1. The summed E-state index contributed by atoms with van der Waals surface area (Å²) < 4.78 is 17.9. The monoisotopic (exact) mass is 368 g/mol. The molecular formula is C19H17FN4O3. The summed E-state index contributed by atoms with van der Waals surface area (Å²) in [6.45, 7) is 1.10. The summed E-state index contributed by atoms with van der Waals surface area (Å²) in [6, 6.07) is 7.53. The fourth-order valence-corrected chi connectivity index (χ4v) is 3.09. The van der Waals surface area contributed by atoms with Crippen molar-refractivity contribution in [1.82, 2.24) is 20.4 Å². The molecule has 0 spiro atoms. The number of benzene rings is 1. The van der Waals surface area contributed by atoms with Gasteiger partial charge in [-0.15, -0.1) is 0 Å². The molecule has 4 rings (SSSR count). The first-order chi connectivity index (χ1) is 13.1. The Balaban J connectivity index is 1.46. The van der Waals surface area contributed by atoms with Crippen molar-refractivity contribution >= 4 is 11.8 Å². The topological polar surface area (TPSA) is 91.2 Å². The maximum absolute atomic E-state index is 13.0. The maximum Gasteiger partial charge on any atom is 0.272 e. The van der Waals surface area contributed by atoms with E-state index in [1.165, 1.54) is 24.7 Å². The number of nitrogens with one attached hydrogen (secondary N) is 2. The Hall–Kier alpha value is -3.42. The lowest BCUT2D eigenvalue weighted by Gasteiger charge is -2.26. The van der Waals surface area contributed by atoms with Crippen molar-refractivity contribution in [2.75, 3.05) is 6.54 Å². The van der Waals surface area contributed by atoms with Crippen LogP contribution in [0.1, 0.15) is 37.7 Å². The van der Waals surface area contributed by atoms with Crippen LogP contribution in [0.25, 0.3) is 0 Å². The molecule has 0 bridgehead atoms. The molecule has 2 N–H and O–H groups in total. The van der Waals surface area contributed by atoms with E-state index < -0.39 is 0 Å². The lowest BCUT2D eigenvalue weighted by atomic mass is 10.0. The van der Waals surface area contributed by atoms with E-state index in [0.717, 1.165) is 16.8 Å². The third-order valence-corrected chi connectivity index (χ3v) is 4.57. The first-order valence-corrected chi connectivity index (χ1v) is 8.52. The Morgan fingerprint density at radius 3 is 2.81 bits per heavy atom. The van der Waals surface area contributed by atoms with Gasteiger partial charge in [-0.3, -0.25) is 14.7 Å². The number of furan rings is 1. The summed E-state index contributed by atoms with van der Waals surface area (Å²) in [4.78, 5) is 26.7. The van der Waals surface area contributed by atoms with Crippen LogP contribution in [-0.4, -0.2) is 33.5 Å². The molecule has 0 fully saturated rings. The van der Waals surface area contributed by atoms with Crippen molar-refractivity contribution in [3.63, 3.8) is 0 Å². The van der Waals surface area contributed by atoms with Crippen LogP contribution in [0, 0.1) is 5.82 Å². The molecule has 0 unspecified atom stereocenters. The van der Waals surface area contributed by atoms with Gasteiger partial charge in [-0.2, -0.15) is 5.10 Å². The standard InChI is InChI=1S/C19H17FN4O3/c20-14-3-1-12(2-4-14)9-21-18(25)17-15-10-24(7-5-16(15)22-23-17)19(26)13-6-8-27-11-13/h1-4,6,8,11H,5,7,9-10H2,(H,21,25)(H,22,23). The van der Waals surface area contributed by atoms with Gasteiger partial charge in [-0.05, 0) is 23.8 Å². The molecule has 0 radical (unpaired) electrons. The SMILES string of the molecule is O=C(NCc1ccc(F)cc1)c1n[nH]c2c1CN(C(=O)c1ccoc1)CC2. The quantitative estimate of drug-likeness (QED) is 0.739. The number of carbonyl (C=O) groups is 2. The molecule has 0 aliphatic carbocycles. The van der Waals surface area contributed by atoms with Crippen LogP contribution < -0.4 is 5.32 Å². The minimum absolute atomic E-state index is 0.145. The fourth-order valence-electron chi connectivity index (χ4n) is 3.09. The summed E-state index contributed by atoms with van der Waals surface area (Å²) in [5.41, 5.74) is 3.11. The van der Waals surface area contributed by atoms with Crippen molar-refractivity contribution in [1.29, 1.82) is 0 Å². The number of aromatic nitrogens is 2. The average Bonchev–Trinajstić information content (AvgIpc) is 3.36. The number of H-pyrrole nitrogens is 1. The number of hydrogen-bond donors (Lipinski definition) is 2. The van der Waals surface area contributed by atoms with Crippen LogP contribution in [0.15, 0.2) is 47.3 Å². The van der Waals surface area contributed by atoms with Crippen LogP contribution in [0.5, 0.6) is 0 Å². The first-order valence-electron chi connectivity index (χ1n) is 8.52. The lowest BCUT2D eigenvalue weighted by Crippen LogP contribution is -2.36. The molecule has 2 amide bonds. The van der Waals surface area contributed by atoms with Gasteiger partial charge in [0.15, 0.2) is 5.69 Å². The number of amides is 2. The van der Waals surface area contributed by atoms with Gasteiger partial charge in [-0.1, -0.05) is 12.1 Å². The van der Waals surface area contributed by atoms with Crippen LogP contribution in [0.3, 0.4) is 0 Å². The molecule has 1 aromatic carbocycles. The van der Waals surface area contributed by atoms with Gasteiger partial charge in [0.2, 0.25) is 0 Å². The minimum Gasteiger partial charge on any atom is -0.472 e. The normalized spacial score (nSPS) is 13.3. The summed E-state index contributed by atoms with van der Waals surface area (Å²) in [5.74, 6) is -0.809. The minimum atomic E-state index is -0.338. The van der Waals surface area contributed by atoms with Crippen molar-refractivity contribution in [3.8, 4) is 0 Å². The molecule has 138 valence electrons. The molecule has 1 aliphatic heterocycles. The van der Waals surface area contributed by atoms with Crippen LogP contribution in [0.4, 0.5) is 4.39 Å². The van der Waals surface area contributed by atoms with E-state index in [0.29, 0.717) is 25.1 Å². The van der Waals surface area contributed by atoms with Crippen LogP contribution in [-0.2, 0) is 19.5 Å². The van der Waals surface area contributed by atoms with E-state index in [1.807, 2.05) is 0 Å². The summed E-state index contributed by atoms with van der Waals surface area (Å²) in [7, 11) is 0. The van der Waals surface area contributed by atoms with E-state index in [-0.39, 0.29) is 29.9 Å². The lowest BCUT2D eigenvalue weighted by molar-refractivity contribution is 0.0730. The Labute approximate surface area is 154 Å². The molecule has 0 atom stereocenters. The Morgan fingerprint density at radius 2 is 2.07 bits per heavy atom. The zero-order valence-electron chi connectivity index (χ0n) is 14.4. The Morgan fingerprint density at radius 1 is 1.26 bits per heavy atom. The van der Waals surface area contributed by atoms with Gasteiger partial charge in [0, 0.05) is 30.8 Å². The highest BCUT2D eigenvalue weighted by Crippen LogP contribution is 2.22. The van der Waals surface area contributed by atoms with Gasteiger partial charge < -0.3 is 14.6 Å². The number of nitrogens with zero attached hydrogens (tertiary/aromatic N) is 2. The molecule has 0 saturated carbocycles. The van der Waals surface area contributed by atoms with Crippen LogP contribution in [0.2, 0.25) is 0 Å². The van der Waals surface area contributed by atoms with E-state index in [9.17, 15) is 14.0 Å². The Kier molecular flexibility index (Phi) is 4.45. The number of fused-ring (bicyclic) bond motifs is 1. The zero-order valence-corrected chi connectivity index (χ0v) is 14.4. The van der Waals surface area contributed by atoms with E-state index in [1.54, 1.807) is 23.1 Å². The predicted molar refractivity (Wildman–Crippen MR) is 93.3 cm³/mol. The highest BCUT2D eigenvalue weighted by Gasteiger charge is 2.28. The molecule has 0 saturated heterocycles. The molecule has 3 heterocycles. The summed E-state index contributed by atoms with van der Waals surface area (Å²) in [6.07, 6.45) is 3.45. The highest BCUT2D eigenvalue weighted by atomic mass is 19.1. The second-order valence-corrected chi connectivity index (χ2v) is 6.33. The molecule has 8 heteroatoms. The average molecular weight is 368 g/mol. The smallest absolute Gasteiger partial charge is 0.272 e. The zero-order chi connectivity index (χ0) is 18.8. The van der Waals surface area contributed by atoms with E-state index in [4.69, 9.17) is 4.42 Å². The van der Waals surface area contributed by atoms with Crippen LogP contribution >= 0.6 is 0 Å². The first kappa shape index (κ1) is 17.0. The molecule has 7 nitrogen and oxygen atoms in total. The van der Waals surface area contributed by atoms with E-state index in [2.05, 4.69) is 15.5 Å². The number of hydrogen-bond acceptors (Lipinski definition) is 4. The van der Waals surface area contributed by atoms with Crippen molar-refractivity contribution in [3.05, 3.63) is 76.8 Å². The highest BCUT2D eigenvalue weighted by molar-refractivity contribution is 5.96. The third-order valence-electron chi connectivity index (χ3n) is 4.57. The van der Waals surface area contributed by atoms with Gasteiger partial charge in [-0.25, -0.2) is 4.39 Å². The predicted octanol–water partition coefficient (Wildman–Crippen LogP) is 2.27. The largest absolute Gasteiger partial charge is 0.472 e. The molecule has 3 aromatic rings. The second-order valence-electron chi connectivity index (χ2n) is 6.33. The maximum atomic E-state index is 13.0. The van der Waals surface area contributed by atoms with Gasteiger partial charge in [0.05, 0.1) is 18.4 Å². The summed E-state index contributed by atoms with van der Waals surface area (Å²) >= 11 is 0. The Bertz CT molecular complexity index is 964. The molecular weight excluding hydrogens is 351 g/mol. The van der Waals surface area contributed by atoms with Gasteiger partial charge in [0.1, 0.15) is 12.1 Å². The summed E-state index contributed by atoms with van der Waals surface area (Å²) in [5, 5.41) is 9.80. The number of rotatable bonds is 4. The fraction of sp³-hybridized carbons (Fsp3) is 0.211. The van der Waals surface area contributed by atoms with Gasteiger partial charge >= 0.3 is 0 Å². The second kappa shape index (κ2) is 7.06. The van der Waals surface area contributed by atoms with Crippen molar-refractivity contribution in [2.24, 2.45) is 0 Å². The molecule has 2 aromatic heterocycles. The van der Waals surface area contributed by atoms with Gasteiger partial charge in [0.25, 0.3) is 11.8 Å². The number of carbonyl (C=O) groups excluding carboxylic acids is 2. The van der Waals surface area contributed by atoms with E-state index >= 15 is 0 Å². The molecule has 27 heavy (non-hydrogen) atoms. The van der Waals surface area contributed by atoms with Crippen molar-refractivity contribution < 1.29 is 18.4 Å². The van der Waals surface area contributed by atoms with Crippen molar-refractivity contribution in [2.45, 2.75) is 19.5 Å². The number of halogens is 1. The molecule has 1 aliphatic rings.